The summed E-state index contributed by atoms with van der Waals surface area (Å²) in [7, 11) is 0. The Bertz CT molecular complexity index is 1180. The van der Waals surface area contributed by atoms with Gasteiger partial charge in [0.15, 0.2) is 0 Å². The third kappa shape index (κ3) is 4.18. The summed E-state index contributed by atoms with van der Waals surface area (Å²) in [6.07, 6.45) is 0. The van der Waals surface area contributed by atoms with E-state index in [2.05, 4.69) is 23.7 Å². The molecule has 4 aromatic carbocycles. The first-order valence-electron chi connectivity index (χ1n) is 9.78. The minimum atomic E-state index is -1.23. The second-order valence-electron chi connectivity index (χ2n) is 6.89. The third-order valence-corrected chi connectivity index (χ3v) is 4.94. The molecule has 30 heavy (non-hydrogen) atoms. The lowest BCUT2D eigenvalue weighted by atomic mass is 9.80. The SMILES string of the molecule is OC(c1ccccc1)(c1ccccc1)c1ccc(C#CC#Cc2ccccc2)cc1. The Labute approximate surface area is 177 Å². The Morgan fingerprint density at radius 1 is 0.433 bits per heavy atom. The second kappa shape index (κ2) is 8.97. The zero-order valence-corrected chi connectivity index (χ0v) is 16.4. The monoisotopic (exact) mass is 384 g/mol. The van der Waals surface area contributed by atoms with E-state index in [4.69, 9.17) is 0 Å². The van der Waals surface area contributed by atoms with Crippen LogP contribution in [0, 0.1) is 23.7 Å². The summed E-state index contributed by atoms with van der Waals surface area (Å²) in [4.78, 5) is 0. The molecule has 4 aromatic rings. The molecule has 0 spiro atoms. The van der Waals surface area contributed by atoms with Crippen molar-refractivity contribution in [3.63, 3.8) is 0 Å². The molecule has 0 heterocycles. The van der Waals surface area contributed by atoms with Crippen molar-refractivity contribution in [2.24, 2.45) is 0 Å². The van der Waals surface area contributed by atoms with Crippen LogP contribution in [0.15, 0.2) is 115 Å². The van der Waals surface area contributed by atoms with Gasteiger partial charge in [-0.1, -0.05) is 103 Å². The normalized spacial score (nSPS) is 10.3. The zero-order chi connectivity index (χ0) is 20.7. The predicted molar refractivity (Wildman–Crippen MR) is 122 cm³/mol. The lowest BCUT2D eigenvalue weighted by Gasteiger charge is -2.30. The molecule has 1 nitrogen and oxygen atoms in total. The maximum atomic E-state index is 11.8. The first-order chi connectivity index (χ1) is 14.8. The molecule has 0 amide bonds. The summed E-state index contributed by atoms with van der Waals surface area (Å²) in [6, 6.07) is 36.9. The number of benzene rings is 4. The molecule has 0 aromatic heterocycles. The van der Waals surface area contributed by atoms with E-state index in [1.165, 1.54) is 0 Å². The van der Waals surface area contributed by atoms with Crippen LogP contribution < -0.4 is 0 Å². The van der Waals surface area contributed by atoms with Crippen molar-refractivity contribution in [3.8, 4) is 23.7 Å². The van der Waals surface area contributed by atoms with Crippen LogP contribution in [0.1, 0.15) is 27.8 Å². The molecule has 0 aliphatic heterocycles. The second-order valence-corrected chi connectivity index (χ2v) is 6.89. The zero-order valence-electron chi connectivity index (χ0n) is 16.4. The van der Waals surface area contributed by atoms with Crippen molar-refractivity contribution in [1.29, 1.82) is 0 Å². The largest absolute Gasteiger partial charge is 0.376 e. The minimum Gasteiger partial charge on any atom is -0.376 e. The number of hydrogen-bond acceptors (Lipinski definition) is 1. The van der Waals surface area contributed by atoms with Gasteiger partial charge < -0.3 is 5.11 Å². The van der Waals surface area contributed by atoms with E-state index in [-0.39, 0.29) is 0 Å². The van der Waals surface area contributed by atoms with E-state index < -0.39 is 5.60 Å². The van der Waals surface area contributed by atoms with Crippen molar-refractivity contribution in [1.82, 2.24) is 0 Å². The summed E-state index contributed by atoms with van der Waals surface area (Å²) in [5.41, 5.74) is 3.00. The van der Waals surface area contributed by atoms with Gasteiger partial charge in [-0.2, -0.15) is 0 Å². The first kappa shape index (κ1) is 19.3. The van der Waals surface area contributed by atoms with E-state index in [9.17, 15) is 5.11 Å². The van der Waals surface area contributed by atoms with Crippen molar-refractivity contribution < 1.29 is 5.11 Å². The highest BCUT2D eigenvalue weighted by molar-refractivity contribution is 5.50. The van der Waals surface area contributed by atoms with Gasteiger partial charge >= 0.3 is 0 Å². The van der Waals surface area contributed by atoms with Gasteiger partial charge in [0.05, 0.1) is 0 Å². The van der Waals surface area contributed by atoms with Gasteiger partial charge in [0, 0.05) is 11.1 Å². The number of hydrogen-bond donors (Lipinski definition) is 1. The van der Waals surface area contributed by atoms with Crippen LogP contribution in [-0.4, -0.2) is 5.11 Å². The fourth-order valence-electron chi connectivity index (χ4n) is 3.38. The van der Waals surface area contributed by atoms with E-state index in [0.717, 1.165) is 27.8 Å². The molecule has 0 unspecified atom stereocenters. The minimum absolute atomic E-state index is 0.792. The van der Waals surface area contributed by atoms with E-state index in [0.29, 0.717) is 0 Å². The molecular weight excluding hydrogens is 364 g/mol. The van der Waals surface area contributed by atoms with Crippen LogP contribution in [0.5, 0.6) is 0 Å². The van der Waals surface area contributed by atoms with E-state index in [1.54, 1.807) is 0 Å². The van der Waals surface area contributed by atoms with Crippen molar-refractivity contribution in [2.45, 2.75) is 5.60 Å². The molecule has 142 valence electrons. The maximum absolute atomic E-state index is 11.8. The average Bonchev–Trinajstić information content (AvgIpc) is 2.83. The molecule has 0 aliphatic carbocycles. The van der Waals surface area contributed by atoms with Crippen LogP contribution in [0.25, 0.3) is 0 Å². The molecule has 0 bridgehead atoms. The quantitative estimate of drug-likeness (QED) is 0.372. The molecule has 0 saturated carbocycles. The summed E-state index contributed by atoms with van der Waals surface area (Å²) in [6.45, 7) is 0. The topological polar surface area (TPSA) is 20.2 Å². The van der Waals surface area contributed by atoms with Gasteiger partial charge in [-0.3, -0.25) is 0 Å². The highest BCUT2D eigenvalue weighted by Crippen LogP contribution is 2.36. The molecule has 0 fully saturated rings. The highest BCUT2D eigenvalue weighted by Gasteiger charge is 2.33. The molecule has 1 heteroatoms. The van der Waals surface area contributed by atoms with Crippen LogP contribution in [0.4, 0.5) is 0 Å². The molecular formula is C29H20O. The van der Waals surface area contributed by atoms with Crippen LogP contribution in [0.3, 0.4) is 0 Å². The highest BCUT2D eigenvalue weighted by atomic mass is 16.3. The first-order valence-corrected chi connectivity index (χ1v) is 9.78. The van der Waals surface area contributed by atoms with E-state index in [1.807, 2.05) is 115 Å². The van der Waals surface area contributed by atoms with Gasteiger partial charge in [-0.05, 0) is 52.8 Å². The summed E-state index contributed by atoms with van der Waals surface area (Å²) in [5.74, 6) is 11.9. The van der Waals surface area contributed by atoms with Gasteiger partial charge in [0.1, 0.15) is 5.60 Å². The molecule has 0 saturated heterocycles. The average molecular weight is 384 g/mol. The Kier molecular flexibility index (Phi) is 5.77. The van der Waals surface area contributed by atoms with Crippen LogP contribution >= 0.6 is 0 Å². The fraction of sp³-hybridized carbons (Fsp3) is 0.0345. The smallest absolute Gasteiger partial charge is 0.140 e. The molecule has 0 radical (unpaired) electrons. The fourth-order valence-corrected chi connectivity index (χ4v) is 3.38. The van der Waals surface area contributed by atoms with E-state index >= 15 is 0 Å². The number of rotatable bonds is 3. The van der Waals surface area contributed by atoms with Gasteiger partial charge in [0.2, 0.25) is 0 Å². The molecule has 1 N–H and O–H groups in total. The molecule has 0 aliphatic rings. The summed E-state index contributed by atoms with van der Waals surface area (Å²) < 4.78 is 0. The van der Waals surface area contributed by atoms with Crippen molar-refractivity contribution >= 4 is 0 Å². The third-order valence-electron chi connectivity index (χ3n) is 4.94. The van der Waals surface area contributed by atoms with Gasteiger partial charge in [0.25, 0.3) is 0 Å². The number of aliphatic hydroxyl groups is 1. The Morgan fingerprint density at radius 3 is 1.27 bits per heavy atom. The lowest BCUT2D eigenvalue weighted by molar-refractivity contribution is 0.125. The summed E-state index contributed by atoms with van der Waals surface area (Å²) >= 11 is 0. The molecule has 4 rings (SSSR count). The van der Waals surface area contributed by atoms with Gasteiger partial charge in [-0.15, -0.1) is 0 Å². The standard InChI is InChI=1S/C29H20O/c30-29(26-16-6-2-7-17-26,27-18-8-3-9-19-27)28-22-20-25(21-23-28)15-11-10-14-24-12-4-1-5-13-24/h1-9,12-13,16-23,30H. The predicted octanol–water partition coefficient (Wildman–Crippen LogP) is 5.37. The van der Waals surface area contributed by atoms with Crippen LogP contribution in [0.2, 0.25) is 0 Å². The Hall–Kier alpha value is -4.04. The Balaban J connectivity index is 1.65. The lowest BCUT2D eigenvalue weighted by Crippen LogP contribution is -2.28. The van der Waals surface area contributed by atoms with Crippen LogP contribution in [-0.2, 0) is 5.60 Å². The van der Waals surface area contributed by atoms with Crippen molar-refractivity contribution in [3.05, 3.63) is 143 Å². The maximum Gasteiger partial charge on any atom is 0.140 e. The Morgan fingerprint density at radius 2 is 0.800 bits per heavy atom. The summed E-state index contributed by atoms with van der Waals surface area (Å²) in [5, 5.41) is 11.8. The van der Waals surface area contributed by atoms with Gasteiger partial charge in [-0.25, -0.2) is 0 Å². The van der Waals surface area contributed by atoms with Crippen molar-refractivity contribution in [2.75, 3.05) is 0 Å². The molecule has 0 atom stereocenters.